The number of aliphatic carboxylic acids is 1. The van der Waals surface area contributed by atoms with Crippen LogP contribution in [-0.2, 0) is 30.5 Å². The fraction of sp³-hybridized carbons (Fsp3) is 0.333. The number of ether oxygens (including phenoxy) is 2. The quantitative estimate of drug-likeness (QED) is 0.389. The van der Waals surface area contributed by atoms with Crippen LogP contribution in [0.4, 0.5) is 4.79 Å². The molecule has 0 spiro atoms. The van der Waals surface area contributed by atoms with E-state index in [2.05, 4.69) is 15.2 Å². The third-order valence-corrected chi connectivity index (χ3v) is 2.85. The first-order chi connectivity index (χ1) is 12.4. The summed E-state index contributed by atoms with van der Waals surface area (Å²) in [5.74, 6) is -3.12. The zero-order valence-electron chi connectivity index (χ0n) is 13.6. The van der Waals surface area contributed by atoms with Crippen molar-refractivity contribution in [3.05, 3.63) is 41.4 Å². The Hall–Kier alpha value is -3.50. The molecular formula is C15H17N4O7-. The van der Waals surface area contributed by atoms with E-state index < -0.39 is 49.7 Å². The Morgan fingerprint density at radius 3 is 2.46 bits per heavy atom. The van der Waals surface area contributed by atoms with Gasteiger partial charge >= 0.3 is 18.0 Å². The third kappa shape index (κ3) is 8.38. The van der Waals surface area contributed by atoms with Gasteiger partial charge < -0.3 is 35.9 Å². The molecular weight excluding hydrogens is 348 g/mol. The van der Waals surface area contributed by atoms with Crippen LogP contribution in [-0.4, -0.2) is 54.8 Å². The summed E-state index contributed by atoms with van der Waals surface area (Å²) in [6.45, 7) is -1.99. The van der Waals surface area contributed by atoms with Crippen LogP contribution < -0.4 is 10.6 Å². The lowest BCUT2D eigenvalue weighted by Gasteiger charge is -2.18. The molecule has 11 nitrogen and oxygen atoms in total. The molecule has 1 rings (SSSR count). The molecule has 0 aromatic heterocycles. The van der Waals surface area contributed by atoms with Crippen LogP contribution in [0.3, 0.4) is 0 Å². The standard InChI is InChI=1S/C15H17N4O7/c16-18-7-13(22)25-9-11(14(23)17-6-12(20)21)19-15(24)26-8-10-4-2-1-3-5-10/h1-5,11H,6-9H2,(H,17,23)(H,19,24)(H,20,21)/q-1. The number of carboxylic acid groups (broad SMARTS) is 1. The summed E-state index contributed by atoms with van der Waals surface area (Å²) in [4.78, 5) is 45.4. The molecule has 1 aromatic carbocycles. The molecule has 0 heterocycles. The van der Waals surface area contributed by atoms with Crippen LogP contribution in [0.15, 0.2) is 35.4 Å². The molecule has 11 heteroatoms. The Bertz CT molecular complexity index is 651. The minimum atomic E-state index is -1.39. The number of carbonyl (C=O) groups is 4. The summed E-state index contributed by atoms with van der Waals surface area (Å²) in [6.07, 6.45) is -0.966. The van der Waals surface area contributed by atoms with E-state index in [-0.39, 0.29) is 6.61 Å². The van der Waals surface area contributed by atoms with Gasteiger partial charge in [-0.25, -0.2) is 4.79 Å². The molecule has 1 atom stereocenters. The number of nitrogens with zero attached hydrogens (tertiary/aromatic N) is 2. The summed E-state index contributed by atoms with van der Waals surface area (Å²) >= 11 is 0. The van der Waals surface area contributed by atoms with Crippen molar-refractivity contribution in [3.8, 4) is 0 Å². The molecule has 0 saturated carbocycles. The van der Waals surface area contributed by atoms with Gasteiger partial charge in [0.2, 0.25) is 5.91 Å². The molecule has 0 bridgehead atoms. The Morgan fingerprint density at radius 1 is 1.15 bits per heavy atom. The second-order valence-corrected chi connectivity index (χ2v) is 4.85. The van der Waals surface area contributed by atoms with Gasteiger partial charge in [-0.15, -0.1) is 0 Å². The maximum Gasteiger partial charge on any atom is 0.408 e. The molecule has 0 radical (unpaired) electrons. The number of hydrogen-bond donors (Lipinski definition) is 3. The van der Waals surface area contributed by atoms with Crippen molar-refractivity contribution >= 4 is 23.9 Å². The molecule has 0 saturated heterocycles. The minimum absolute atomic E-state index is 0.0562. The summed E-state index contributed by atoms with van der Waals surface area (Å²) in [5, 5.41) is 15.4. The number of rotatable bonds is 10. The zero-order chi connectivity index (χ0) is 19.4. The average molecular weight is 365 g/mol. The normalized spacial score (nSPS) is 10.9. The number of esters is 1. The van der Waals surface area contributed by atoms with Gasteiger partial charge in [0.25, 0.3) is 0 Å². The van der Waals surface area contributed by atoms with E-state index in [4.69, 9.17) is 15.4 Å². The Morgan fingerprint density at radius 2 is 1.85 bits per heavy atom. The van der Waals surface area contributed by atoms with Crippen molar-refractivity contribution < 1.29 is 33.8 Å². The molecule has 2 amide bonds. The van der Waals surface area contributed by atoms with Crippen LogP contribution in [0.1, 0.15) is 5.56 Å². The van der Waals surface area contributed by atoms with Crippen LogP contribution in [0.2, 0.25) is 0 Å². The van der Waals surface area contributed by atoms with Crippen molar-refractivity contribution in [2.45, 2.75) is 12.6 Å². The van der Waals surface area contributed by atoms with E-state index in [1.165, 1.54) is 0 Å². The maximum atomic E-state index is 11.9. The first-order valence-corrected chi connectivity index (χ1v) is 7.35. The van der Waals surface area contributed by atoms with Crippen LogP contribution in [0, 0.1) is 0 Å². The van der Waals surface area contributed by atoms with E-state index in [0.29, 0.717) is 5.56 Å². The molecule has 140 valence electrons. The van der Waals surface area contributed by atoms with Gasteiger partial charge in [-0.2, -0.15) is 0 Å². The van der Waals surface area contributed by atoms with E-state index >= 15 is 0 Å². The molecule has 0 aliphatic carbocycles. The Kier molecular flexibility index (Phi) is 8.79. The first kappa shape index (κ1) is 20.5. The van der Waals surface area contributed by atoms with Gasteiger partial charge in [-0.05, 0) is 5.56 Å². The number of carbonyl (C=O) groups excluding carboxylic acids is 3. The summed E-state index contributed by atoms with van der Waals surface area (Å²) in [5.41, 5.74) is 8.98. The lowest BCUT2D eigenvalue weighted by Crippen LogP contribution is -2.50. The van der Waals surface area contributed by atoms with Crippen molar-refractivity contribution in [1.29, 1.82) is 0 Å². The smallest absolute Gasteiger partial charge is 0.408 e. The van der Waals surface area contributed by atoms with Gasteiger partial charge in [0.1, 0.15) is 32.3 Å². The van der Waals surface area contributed by atoms with Crippen LogP contribution in [0.5, 0.6) is 0 Å². The highest BCUT2D eigenvalue weighted by atomic mass is 16.6. The molecule has 0 aliphatic heterocycles. The summed E-state index contributed by atoms with van der Waals surface area (Å²) in [7, 11) is 0. The van der Waals surface area contributed by atoms with Crippen molar-refractivity contribution in [1.82, 2.24) is 10.6 Å². The van der Waals surface area contributed by atoms with E-state index in [1.807, 2.05) is 5.32 Å². The first-order valence-electron chi connectivity index (χ1n) is 7.35. The number of nitrogens with one attached hydrogen (secondary N) is 2. The molecule has 1 aromatic rings. The Balaban J connectivity index is 2.59. The van der Waals surface area contributed by atoms with Crippen molar-refractivity contribution in [3.63, 3.8) is 0 Å². The summed E-state index contributed by atoms with van der Waals surface area (Å²) in [6, 6.07) is 7.36. The number of amides is 2. The number of carboxylic acids is 1. The monoisotopic (exact) mass is 365 g/mol. The third-order valence-electron chi connectivity index (χ3n) is 2.85. The fourth-order valence-corrected chi connectivity index (χ4v) is 1.66. The molecule has 0 aliphatic rings. The van der Waals surface area contributed by atoms with Crippen molar-refractivity contribution in [2.75, 3.05) is 19.7 Å². The van der Waals surface area contributed by atoms with Gasteiger partial charge in [-0.1, -0.05) is 30.3 Å². The van der Waals surface area contributed by atoms with E-state index in [0.717, 1.165) is 0 Å². The number of hydrogen-bond acceptors (Lipinski definition) is 7. The predicted octanol–water partition coefficient (Wildman–Crippen LogP) is 0.0470. The minimum Gasteiger partial charge on any atom is -0.711 e. The van der Waals surface area contributed by atoms with Gasteiger partial charge in [0, 0.05) is 0 Å². The lowest BCUT2D eigenvalue weighted by atomic mass is 10.2. The SMILES string of the molecule is [N-]=NCC(=O)OCC(NC(=O)OCc1ccccc1)C(=O)NCC(=O)O. The summed E-state index contributed by atoms with van der Waals surface area (Å²) < 4.78 is 9.61. The Labute approximate surface area is 148 Å². The largest absolute Gasteiger partial charge is 0.711 e. The number of alkyl carbamates (subject to hydrolysis) is 1. The highest BCUT2D eigenvalue weighted by molar-refractivity contribution is 5.88. The second kappa shape index (κ2) is 11.1. The van der Waals surface area contributed by atoms with Gasteiger partial charge in [0.05, 0.1) is 0 Å². The molecule has 26 heavy (non-hydrogen) atoms. The highest BCUT2D eigenvalue weighted by Crippen LogP contribution is 2.01. The van der Waals surface area contributed by atoms with E-state index in [1.54, 1.807) is 30.3 Å². The fourth-order valence-electron chi connectivity index (χ4n) is 1.66. The van der Waals surface area contributed by atoms with Crippen molar-refractivity contribution in [2.24, 2.45) is 5.11 Å². The van der Waals surface area contributed by atoms with Crippen LogP contribution >= 0.6 is 0 Å². The predicted molar refractivity (Wildman–Crippen MR) is 85.8 cm³/mol. The van der Waals surface area contributed by atoms with Crippen LogP contribution in [0.25, 0.3) is 5.53 Å². The second-order valence-electron chi connectivity index (χ2n) is 4.85. The highest BCUT2D eigenvalue weighted by Gasteiger charge is 2.23. The molecule has 1 unspecified atom stereocenters. The number of benzene rings is 1. The molecule has 3 N–H and O–H groups in total. The van der Waals surface area contributed by atoms with Gasteiger partial charge in [0.15, 0.2) is 0 Å². The lowest BCUT2D eigenvalue weighted by molar-refractivity contribution is -0.144. The molecule has 0 fully saturated rings. The zero-order valence-corrected chi connectivity index (χ0v) is 13.6. The average Bonchev–Trinajstić information content (AvgIpc) is 2.62. The topological polar surface area (TPSA) is 166 Å². The van der Waals surface area contributed by atoms with E-state index in [9.17, 15) is 19.2 Å². The maximum absolute atomic E-state index is 11.9. The van der Waals surface area contributed by atoms with Gasteiger partial charge in [-0.3, -0.25) is 14.4 Å².